The zero-order valence-corrected chi connectivity index (χ0v) is 12.6. The molecule has 3 unspecified atom stereocenters. The van der Waals surface area contributed by atoms with Gasteiger partial charge in [-0.1, -0.05) is 50.1 Å². The summed E-state index contributed by atoms with van der Waals surface area (Å²) >= 11 is 0. The molecule has 1 fully saturated rings. The van der Waals surface area contributed by atoms with Gasteiger partial charge < -0.3 is 10.6 Å². The third kappa shape index (κ3) is 3.18. The second-order valence-electron chi connectivity index (χ2n) is 6.50. The lowest BCUT2D eigenvalue weighted by atomic mass is 9.70. The molecular formula is C17H28N2. The van der Waals surface area contributed by atoms with E-state index in [-0.39, 0.29) is 11.6 Å². The Kier molecular flexibility index (Phi) is 4.64. The fraction of sp³-hybridized carbons (Fsp3) is 0.647. The Hall–Kier alpha value is -0.860. The summed E-state index contributed by atoms with van der Waals surface area (Å²) in [5.74, 6) is 0.790. The first-order valence-electron chi connectivity index (χ1n) is 7.51. The molecule has 19 heavy (non-hydrogen) atoms. The van der Waals surface area contributed by atoms with Gasteiger partial charge in [0.25, 0.3) is 0 Å². The highest BCUT2D eigenvalue weighted by molar-refractivity contribution is 5.18. The lowest BCUT2D eigenvalue weighted by Crippen LogP contribution is -2.60. The molecule has 0 bridgehead atoms. The van der Waals surface area contributed by atoms with E-state index in [0.29, 0.717) is 0 Å². The van der Waals surface area contributed by atoms with Crippen LogP contribution in [-0.4, -0.2) is 30.6 Å². The van der Waals surface area contributed by atoms with Gasteiger partial charge in [-0.05, 0) is 44.8 Å². The topological polar surface area (TPSA) is 29.3 Å². The first-order valence-corrected chi connectivity index (χ1v) is 7.51. The van der Waals surface area contributed by atoms with Gasteiger partial charge in [-0.3, -0.25) is 0 Å². The molecule has 1 saturated carbocycles. The highest BCUT2D eigenvalue weighted by atomic mass is 15.2. The molecule has 1 aliphatic rings. The zero-order valence-electron chi connectivity index (χ0n) is 12.6. The normalized spacial score (nSPS) is 29.4. The highest BCUT2D eigenvalue weighted by Gasteiger charge is 2.41. The van der Waals surface area contributed by atoms with Gasteiger partial charge in [0.2, 0.25) is 0 Å². The van der Waals surface area contributed by atoms with Crippen LogP contribution in [-0.2, 0) is 6.42 Å². The molecule has 0 spiro atoms. The van der Waals surface area contributed by atoms with Crippen LogP contribution in [0.25, 0.3) is 0 Å². The van der Waals surface area contributed by atoms with Crippen LogP contribution < -0.4 is 5.73 Å². The van der Waals surface area contributed by atoms with Crippen LogP contribution in [0.5, 0.6) is 0 Å². The van der Waals surface area contributed by atoms with E-state index in [9.17, 15) is 0 Å². The van der Waals surface area contributed by atoms with Gasteiger partial charge in [-0.25, -0.2) is 0 Å². The molecule has 2 N–H and O–H groups in total. The van der Waals surface area contributed by atoms with Gasteiger partial charge in [-0.2, -0.15) is 0 Å². The van der Waals surface area contributed by atoms with Crippen molar-refractivity contribution in [3.05, 3.63) is 35.9 Å². The molecule has 0 radical (unpaired) electrons. The van der Waals surface area contributed by atoms with E-state index < -0.39 is 0 Å². The van der Waals surface area contributed by atoms with Crippen molar-refractivity contribution >= 4 is 0 Å². The van der Waals surface area contributed by atoms with Crippen molar-refractivity contribution in [3.8, 4) is 0 Å². The van der Waals surface area contributed by atoms with E-state index in [1.165, 1.54) is 31.2 Å². The van der Waals surface area contributed by atoms with Gasteiger partial charge in [-0.15, -0.1) is 0 Å². The number of rotatable bonds is 4. The highest BCUT2D eigenvalue weighted by Crippen LogP contribution is 2.38. The van der Waals surface area contributed by atoms with Gasteiger partial charge in [0, 0.05) is 11.6 Å². The molecule has 1 aromatic carbocycles. The molecule has 106 valence electrons. The SMILES string of the molecule is CC1CCCC(C(N)Cc2ccccc2)(N(C)C)C1. The summed E-state index contributed by atoms with van der Waals surface area (Å²) in [5, 5.41) is 0. The van der Waals surface area contributed by atoms with E-state index in [1.54, 1.807) is 0 Å². The monoisotopic (exact) mass is 260 g/mol. The number of nitrogens with two attached hydrogens (primary N) is 1. The van der Waals surface area contributed by atoms with Crippen LogP contribution in [0.4, 0.5) is 0 Å². The number of nitrogens with zero attached hydrogens (tertiary/aromatic N) is 1. The van der Waals surface area contributed by atoms with Crippen LogP contribution in [0.3, 0.4) is 0 Å². The minimum Gasteiger partial charge on any atom is -0.326 e. The van der Waals surface area contributed by atoms with Gasteiger partial charge in [0.05, 0.1) is 0 Å². The van der Waals surface area contributed by atoms with Crippen molar-refractivity contribution in [2.75, 3.05) is 14.1 Å². The average Bonchev–Trinajstić information content (AvgIpc) is 2.39. The summed E-state index contributed by atoms with van der Waals surface area (Å²) in [6.45, 7) is 2.37. The van der Waals surface area contributed by atoms with Gasteiger partial charge in [0.1, 0.15) is 0 Å². The zero-order chi connectivity index (χ0) is 13.9. The van der Waals surface area contributed by atoms with Crippen molar-refractivity contribution in [2.24, 2.45) is 11.7 Å². The molecule has 0 saturated heterocycles. The maximum Gasteiger partial charge on any atom is 0.0360 e. The molecule has 1 aromatic rings. The second kappa shape index (κ2) is 6.06. The fourth-order valence-electron chi connectivity index (χ4n) is 3.70. The van der Waals surface area contributed by atoms with Gasteiger partial charge in [0.15, 0.2) is 0 Å². The Bertz CT molecular complexity index is 388. The second-order valence-corrected chi connectivity index (χ2v) is 6.50. The van der Waals surface area contributed by atoms with Crippen molar-refractivity contribution in [1.29, 1.82) is 0 Å². The third-order valence-corrected chi connectivity index (χ3v) is 4.89. The van der Waals surface area contributed by atoms with Crippen molar-refractivity contribution in [2.45, 2.75) is 50.6 Å². The summed E-state index contributed by atoms with van der Waals surface area (Å²) in [5.41, 5.74) is 8.17. The van der Waals surface area contributed by atoms with Crippen LogP contribution in [0.1, 0.15) is 38.2 Å². The predicted octanol–water partition coefficient (Wildman–Crippen LogP) is 3.07. The van der Waals surface area contributed by atoms with Crippen molar-refractivity contribution < 1.29 is 0 Å². The van der Waals surface area contributed by atoms with Crippen LogP contribution in [0.15, 0.2) is 30.3 Å². The van der Waals surface area contributed by atoms with E-state index in [1.807, 2.05) is 0 Å². The van der Waals surface area contributed by atoms with Crippen LogP contribution >= 0.6 is 0 Å². The van der Waals surface area contributed by atoms with Gasteiger partial charge >= 0.3 is 0 Å². The van der Waals surface area contributed by atoms with Crippen molar-refractivity contribution in [1.82, 2.24) is 4.90 Å². The summed E-state index contributed by atoms with van der Waals surface area (Å²) in [7, 11) is 4.39. The molecule has 2 heteroatoms. The van der Waals surface area contributed by atoms with Crippen molar-refractivity contribution in [3.63, 3.8) is 0 Å². The molecular weight excluding hydrogens is 232 g/mol. The Morgan fingerprint density at radius 1 is 1.32 bits per heavy atom. The number of benzene rings is 1. The predicted molar refractivity (Wildman–Crippen MR) is 82.2 cm³/mol. The van der Waals surface area contributed by atoms with Crippen LogP contribution in [0.2, 0.25) is 0 Å². The van der Waals surface area contributed by atoms with E-state index in [4.69, 9.17) is 5.73 Å². The fourth-order valence-corrected chi connectivity index (χ4v) is 3.70. The maximum atomic E-state index is 6.64. The summed E-state index contributed by atoms with van der Waals surface area (Å²) < 4.78 is 0. The first kappa shape index (κ1) is 14.5. The molecule has 0 aliphatic heterocycles. The smallest absolute Gasteiger partial charge is 0.0360 e. The quantitative estimate of drug-likeness (QED) is 0.901. The Morgan fingerprint density at radius 2 is 2.00 bits per heavy atom. The Morgan fingerprint density at radius 3 is 2.58 bits per heavy atom. The standard InChI is InChI=1S/C17H28N2/c1-14-8-7-11-17(13-14,19(2)3)16(18)12-15-9-5-4-6-10-15/h4-6,9-10,14,16H,7-8,11-13,18H2,1-3H3. The molecule has 3 atom stereocenters. The summed E-state index contributed by atoms with van der Waals surface area (Å²) in [6.07, 6.45) is 6.10. The lowest BCUT2D eigenvalue weighted by Gasteiger charge is -2.49. The molecule has 2 nitrogen and oxygen atoms in total. The average molecular weight is 260 g/mol. The molecule has 0 heterocycles. The van der Waals surface area contributed by atoms with Crippen LogP contribution in [0, 0.1) is 5.92 Å². The molecule has 2 rings (SSSR count). The minimum absolute atomic E-state index is 0.174. The first-order chi connectivity index (χ1) is 9.04. The number of likely N-dealkylation sites (N-methyl/N-ethyl adjacent to an activating group) is 1. The minimum atomic E-state index is 0.174. The molecule has 0 amide bonds. The van der Waals surface area contributed by atoms with E-state index >= 15 is 0 Å². The van der Waals surface area contributed by atoms with E-state index in [0.717, 1.165) is 12.3 Å². The lowest BCUT2D eigenvalue weighted by molar-refractivity contribution is 0.0504. The molecule has 0 aromatic heterocycles. The Labute approximate surface area is 118 Å². The number of hydrogen-bond acceptors (Lipinski definition) is 2. The summed E-state index contributed by atoms with van der Waals surface area (Å²) in [4.78, 5) is 2.39. The van der Waals surface area contributed by atoms with E-state index in [2.05, 4.69) is 56.3 Å². The molecule has 1 aliphatic carbocycles. The maximum absolute atomic E-state index is 6.64. The largest absolute Gasteiger partial charge is 0.326 e. The summed E-state index contributed by atoms with van der Waals surface area (Å²) in [6, 6.07) is 10.9. The third-order valence-electron chi connectivity index (χ3n) is 4.89. The number of hydrogen-bond donors (Lipinski definition) is 1. The Balaban J connectivity index is 2.14.